The normalized spacial score (nSPS) is 11.6. The van der Waals surface area contributed by atoms with Gasteiger partial charge in [-0.25, -0.2) is 4.79 Å². The van der Waals surface area contributed by atoms with Gasteiger partial charge in [-0.3, -0.25) is 4.79 Å². The summed E-state index contributed by atoms with van der Waals surface area (Å²) < 4.78 is 11.1. The van der Waals surface area contributed by atoms with Crippen LogP contribution in [0.5, 0.6) is 5.75 Å². The first-order valence-electron chi connectivity index (χ1n) is 12.2. The number of aromatic nitrogens is 1. The van der Waals surface area contributed by atoms with Gasteiger partial charge in [0.1, 0.15) is 18.4 Å². The van der Waals surface area contributed by atoms with Gasteiger partial charge in [-0.2, -0.15) is 0 Å². The number of nitrogens with one attached hydrogen (secondary N) is 3. The molecule has 0 aliphatic carbocycles. The number of rotatable bonds is 12. The van der Waals surface area contributed by atoms with E-state index in [-0.39, 0.29) is 12.5 Å². The summed E-state index contributed by atoms with van der Waals surface area (Å²) in [7, 11) is 0. The van der Waals surface area contributed by atoms with Gasteiger partial charge < -0.3 is 25.1 Å². The Balaban J connectivity index is 1.30. The maximum atomic E-state index is 13.0. The highest BCUT2D eigenvalue weighted by atomic mass is 16.5. The predicted molar refractivity (Wildman–Crippen MR) is 140 cm³/mol. The maximum Gasteiger partial charge on any atom is 0.408 e. The third kappa shape index (κ3) is 7.37. The highest BCUT2D eigenvalue weighted by Gasteiger charge is 2.23. The number of carbonyl (C=O) groups is 2. The van der Waals surface area contributed by atoms with Crippen LogP contribution in [0.15, 0.2) is 91.1 Å². The zero-order chi connectivity index (χ0) is 25.0. The van der Waals surface area contributed by atoms with Crippen molar-refractivity contribution in [1.29, 1.82) is 0 Å². The van der Waals surface area contributed by atoms with Gasteiger partial charge in [0.05, 0.1) is 6.61 Å². The Morgan fingerprint density at radius 3 is 2.39 bits per heavy atom. The number of ether oxygens (including phenoxy) is 2. The summed E-state index contributed by atoms with van der Waals surface area (Å²) in [4.78, 5) is 28.8. The number of carbonyl (C=O) groups excluding carboxylic acids is 2. The van der Waals surface area contributed by atoms with E-state index in [0.717, 1.165) is 40.6 Å². The predicted octanol–water partition coefficient (Wildman–Crippen LogP) is 4.98. The SMILES string of the molecule is O=C(N[C@@H](Cc1c[nH]c2ccccc12)C(=O)NCCCCOc1ccccc1)OCc1ccccc1. The first-order chi connectivity index (χ1) is 17.7. The van der Waals surface area contributed by atoms with Crippen molar-refractivity contribution in [3.63, 3.8) is 0 Å². The van der Waals surface area contributed by atoms with Gasteiger partial charge in [0.15, 0.2) is 0 Å². The van der Waals surface area contributed by atoms with Crippen LogP contribution in [0.4, 0.5) is 4.79 Å². The van der Waals surface area contributed by atoms with E-state index in [1.807, 2.05) is 91.1 Å². The van der Waals surface area contributed by atoms with Crippen molar-refractivity contribution in [3.05, 3.63) is 102 Å². The first-order valence-corrected chi connectivity index (χ1v) is 12.2. The molecular formula is C29H31N3O4. The van der Waals surface area contributed by atoms with E-state index in [2.05, 4.69) is 15.6 Å². The molecule has 0 unspecified atom stereocenters. The molecule has 1 heterocycles. The van der Waals surface area contributed by atoms with Gasteiger partial charge in [0.25, 0.3) is 0 Å². The van der Waals surface area contributed by atoms with Crippen molar-refractivity contribution in [1.82, 2.24) is 15.6 Å². The number of fused-ring (bicyclic) bond motifs is 1. The lowest BCUT2D eigenvalue weighted by molar-refractivity contribution is -0.123. The van der Waals surface area contributed by atoms with E-state index in [0.29, 0.717) is 19.6 Å². The number of H-pyrrole nitrogens is 1. The summed E-state index contributed by atoms with van der Waals surface area (Å²) in [5, 5.41) is 6.72. The van der Waals surface area contributed by atoms with E-state index in [1.54, 1.807) is 0 Å². The number of alkyl carbamates (subject to hydrolysis) is 1. The number of unbranched alkanes of at least 4 members (excludes halogenated alkanes) is 1. The lowest BCUT2D eigenvalue weighted by Crippen LogP contribution is -2.48. The van der Waals surface area contributed by atoms with Crippen molar-refractivity contribution in [2.75, 3.05) is 13.2 Å². The molecule has 4 aromatic rings. The van der Waals surface area contributed by atoms with Gasteiger partial charge >= 0.3 is 6.09 Å². The average Bonchev–Trinajstić information content (AvgIpc) is 3.33. The molecule has 0 bridgehead atoms. The number of hydrogen-bond acceptors (Lipinski definition) is 4. The van der Waals surface area contributed by atoms with E-state index in [9.17, 15) is 9.59 Å². The molecule has 0 radical (unpaired) electrons. The molecule has 0 saturated heterocycles. The summed E-state index contributed by atoms with van der Waals surface area (Å²) in [6, 6.07) is 26.2. The summed E-state index contributed by atoms with van der Waals surface area (Å²) >= 11 is 0. The lowest BCUT2D eigenvalue weighted by atomic mass is 10.0. The van der Waals surface area contributed by atoms with E-state index in [1.165, 1.54) is 0 Å². The van der Waals surface area contributed by atoms with Crippen LogP contribution in [0.2, 0.25) is 0 Å². The molecular weight excluding hydrogens is 454 g/mol. The molecule has 1 atom stereocenters. The minimum Gasteiger partial charge on any atom is -0.494 e. The van der Waals surface area contributed by atoms with E-state index < -0.39 is 12.1 Å². The van der Waals surface area contributed by atoms with Crippen LogP contribution >= 0.6 is 0 Å². The average molecular weight is 486 g/mol. The van der Waals surface area contributed by atoms with Crippen molar-refractivity contribution in [3.8, 4) is 5.75 Å². The molecule has 0 fully saturated rings. The number of aromatic amines is 1. The molecule has 2 amide bonds. The summed E-state index contributed by atoms with van der Waals surface area (Å²) in [6.07, 6.45) is 3.15. The molecule has 7 heteroatoms. The fourth-order valence-corrected chi connectivity index (χ4v) is 3.91. The Morgan fingerprint density at radius 1 is 0.861 bits per heavy atom. The largest absolute Gasteiger partial charge is 0.494 e. The van der Waals surface area contributed by atoms with Crippen molar-refractivity contribution in [2.45, 2.75) is 31.9 Å². The Hall–Kier alpha value is -4.26. The quantitative estimate of drug-likeness (QED) is 0.247. The molecule has 1 aromatic heterocycles. The number of amides is 2. The summed E-state index contributed by atoms with van der Waals surface area (Å²) in [6.45, 7) is 1.19. The molecule has 186 valence electrons. The van der Waals surface area contributed by atoms with Crippen LogP contribution in [-0.2, 0) is 22.6 Å². The Labute approximate surface area is 210 Å². The molecule has 7 nitrogen and oxygen atoms in total. The maximum absolute atomic E-state index is 13.0. The topological polar surface area (TPSA) is 92.5 Å². The second-order valence-electron chi connectivity index (χ2n) is 8.48. The fraction of sp³-hybridized carbons (Fsp3) is 0.241. The highest BCUT2D eigenvalue weighted by Crippen LogP contribution is 2.19. The standard InChI is InChI=1S/C29H31N3O4/c33-28(30-17-9-10-18-35-24-13-5-2-6-14-24)27(19-23-20-31-26-16-8-7-15-25(23)26)32-29(34)36-21-22-11-3-1-4-12-22/h1-8,11-16,20,27,31H,9-10,17-19,21H2,(H,30,33)(H,32,34)/t27-/m0/s1. The zero-order valence-corrected chi connectivity index (χ0v) is 20.1. The van der Waals surface area contributed by atoms with Gasteiger partial charge in [-0.05, 0) is 42.2 Å². The van der Waals surface area contributed by atoms with Crippen LogP contribution in [0, 0.1) is 0 Å². The minimum absolute atomic E-state index is 0.134. The van der Waals surface area contributed by atoms with E-state index >= 15 is 0 Å². The number of benzene rings is 3. The van der Waals surface area contributed by atoms with Crippen LogP contribution in [0.1, 0.15) is 24.0 Å². The van der Waals surface area contributed by atoms with Crippen LogP contribution in [0.3, 0.4) is 0 Å². The zero-order valence-electron chi connectivity index (χ0n) is 20.1. The summed E-state index contributed by atoms with van der Waals surface area (Å²) in [5.41, 5.74) is 2.81. The lowest BCUT2D eigenvalue weighted by Gasteiger charge is -2.18. The second kappa shape index (κ2) is 13.0. The van der Waals surface area contributed by atoms with Crippen molar-refractivity contribution in [2.24, 2.45) is 0 Å². The molecule has 4 rings (SSSR count). The summed E-state index contributed by atoms with van der Waals surface area (Å²) in [5.74, 6) is 0.583. The van der Waals surface area contributed by atoms with Crippen molar-refractivity contribution < 1.29 is 19.1 Å². The highest BCUT2D eigenvalue weighted by molar-refractivity contribution is 5.88. The van der Waals surface area contributed by atoms with Crippen LogP contribution in [-0.4, -0.2) is 36.2 Å². The molecule has 36 heavy (non-hydrogen) atoms. The van der Waals surface area contributed by atoms with Gasteiger partial charge in [0.2, 0.25) is 5.91 Å². The fourth-order valence-electron chi connectivity index (χ4n) is 3.91. The number of para-hydroxylation sites is 2. The minimum atomic E-state index is -0.770. The molecule has 0 aliphatic rings. The Morgan fingerprint density at radius 2 is 1.58 bits per heavy atom. The van der Waals surface area contributed by atoms with Crippen molar-refractivity contribution >= 4 is 22.9 Å². The second-order valence-corrected chi connectivity index (χ2v) is 8.48. The van der Waals surface area contributed by atoms with Gasteiger partial charge in [-0.15, -0.1) is 0 Å². The molecule has 0 aliphatic heterocycles. The Kier molecular flexibility index (Phi) is 8.97. The van der Waals surface area contributed by atoms with Crippen LogP contribution < -0.4 is 15.4 Å². The monoisotopic (exact) mass is 485 g/mol. The third-order valence-electron chi connectivity index (χ3n) is 5.80. The molecule has 3 aromatic carbocycles. The van der Waals surface area contributed by atoms with Gasteiger partial charge in [0, 0.05) is 30.1 Å². The molecule has 0 spiro atoms. The van der Waals surface area contributed by atoms with Crippen LogP contribution in [0.25, 0.3) is 10.9 Å². The first kappa shape index (κ1) is 24.9. The molecule has 0 saturated carbocycles. The van der Waals surface area contributed by atoms with Gasteiger partial charge in [-0.1, -0.05) is 66.7 Å². The van der Waals surface area contributed by atoms with E-state index in [4.69, 9.17) is 9.47 Å². The Bertz CT molecular complexity index is 1240. The number of hydrogen-bond donors (Lipinski definition) is 3. The molecule has 3 N–H and O–H groups in total. The smallest absolute Gasteiger partial charge is 0.408 e. The third-order valence-corrected chi connectivity index (χ3v) is 5.80.